The van der Waals surface area contributed by atoms with Crippen molar-refractivity contribution < 1.29 is 14.7 Å². The van der Waals surface area contributed by atoms with Crippen LogP contribution in [0.25, 0.3) is 0 Å². The molecule has 0 saturated heterocycles. The summed E-state index contributed by atoms with van der Waals surface area (Å²) in [4.78, 5) is 23.1. The molecule has 0 aliphatic heterocycles. The molecule has 0 atom stereocenters. The SMILES string of the molecule is Cc1ccc(C(=O)[O-])cc1NC(=S)NC(=O)c1ccccc1Br. The highest BCUT2D eigenvalue weighted by Crippen LogP contribution is 2.18. The van der Waals surface area contributed by atoms with Gasteiger partial charge in [0.05, 0.1) is 11.5 Å². The van der Waals surface area contributed by atoms with Crippen molar-refractivity contribution in [2.75, 3.05) is 5.32 Å². The molecule has 2 aromatic rings. The van der Waals surface area contributed by atoms with Crippen LogP contribution in [0.15, 0.2) is 46.9 Å². The van der Waals surface area contributed by atoms with Gasteiger partial charge in [0.25, 0.3) is 5.91 Å². The number of benzene rings is 2. The number of thiocarbonyl (C=S) groups is 1. The van der Waals surface area contributed by atoms with Crippen LogP contribution in [0.4, 0.5) is 5.69 Å². The minimum atomic E-state index is -1.28. The lowest BCUT2D eigenvalue weighted by Gasteiger charge is -2.14. The minimum Gasteiger partial charge on any atom is -0.545 e. The highest BCUT2D eigenvalue weighted by Gasteiger charge is 2.11. The molecule has 0 aromatic heterocycles. The quantitative estimate of drug-likeness (QED) is 0.784. The highest BCUT2D eigenvalue weighted by molar-refractivity contribution is 9.10. The molecule has 0 bridgehead atoms. The van der Waals surface area contributed by atoms with Crippen LogP contribution in [0, 0.1) is 6.92 Å². The van der Waals surface area contributed by atoms with E-state index in [1.165, 1.54) is 12.1 Å². The molecule has 0 aliphatic carbocycles. The Balaban J connectivity index is 2.11. The maximum absolute atomic E-state index is 12.2. The van der Waals surface area contributed by atoms with Gasteiger partial charge in [-0.25, -0.2) is 0 Å². The average molecular weight is 392 g/mol. The third-order valence-electron chi connectivity index (χ3n) is 3.07. The number of carboxylic acid groups (broad SMARTS) is 1. The van der Waals surface area contributed by atoms with E-state index in [2.05, 4.69) is 26.6 Å². The van der Waals surface area contributed by atoms with Gasteiger partial charge in [-0.1, -0.05) is 24.3 Å². The Morgan fingerprint density at radius 3 is 2.52 bits per heavy atom. The number of anilines is 1. The summed E-state index contributed by atoms with van der Waals surface area (Å²) in [5.41, 5.74) is 1.74. The van der Waals surface area contributed by atoms with Crippen LogP contribution in [0.3, 0.4) is 0 Å². The Hall–Kier alpha value is -2.25. The van der Waals surface area contributed by atoms with Gasteiger partial charge >= 0.3 is 0 Å². The number of amides is 1. The summed E-state index contributed by atoms with van der Waals surface area (Å²) in [5.74, 6) is -1.65. The second-order valence-electron chi connectivity index (χ2n) is 4.71. The normalized spacial score (nSPS) is 10.0. The molecule has 2 rings (SSSR count). The zero-order valence-corrected chi connectivity index (χ0v) is 14.5. The molecule has 0 radical (unpaired) electrons. The van der Waals surface area contributed by atoms with Crippen molar-refractivity contribution in [3.63, 3.8) is 0 Å². The number of rotatable bonds is 3. The summed E-state index contributed by atoms with van der Waals surface area (Å²) in [6, 6.07) is 11.4. The van der Waals surface area contributed by atoms with Crippen molar-refractivity contribution in [1.29, 1.82) is 0 Å². The minimum absolute atomic E-state index is 0.0260. The fourth-order valence-electron chi connectivity index (χ4n) is 1.85. The average Bonchev–Trinajstić information content (AvgIpc) is 2.49. The van der Waals surface area contributed by atoms with Gasteiger partial charge in [0.1, 0.15) is 0 Å². The van der Waals surface area contributed by atoms with Gasteiger partial charge in [0.2, 0.25) is 0 Å². The molecule has 5 nitrogen and oxygen atoms in total. The summed E-state index contributed by atoms with van der Waals surface area (Å²) in [5, 5.41) is 16.3. The van der Waals surface area contributed by atoms with Crippen molar-refractivity contribution >= 4 is 50.8 Å². The van der Waals surface area contributed by atoms with E-state index in [-0.39, 0.29) is 16.6 Å². The molecule has 1 amide bonds. The molecule has 0 spiro atoms. The first-order valence-corrected chi connectivity index (χ1v) is 7.77. The third-order valence-corrected chi connectivity index (χ3v) is 3.96. The molecular weight excluding hydrogens is 380 g/mol. The Kier molecular flexibility index (Phi) is 5.46. The maximum atomic E-state index is 12.2. The van der Waals surface area contributed by atoms with E-state index >= 15 is 0 Å². The summed E-state index contributed by atoms with van der Waals surface area (Å²) in [7, 11) is 0. The van der Waals surface area contributed by atoms with E-state index < -0.39 is 5.97 Å². The summed E-state index contributed by atoms with van der Waals surface area (Å²) in [6.07, 6.45) is 0. The molecule has 2 aromatic carbocycles. The van der Waals surface area contributed by atoms with Gasteiger partial charge in [0, 0.05) is 10.2 Å². The maximum Gasteiger partial charge on any atom is 0.258 e. The Bertz CT molecular complexity index is 793. The van der Waals surface area contributed by atoms with E-state index in [9.17, 15) is 14.7 Å². The Labute approximate surface area is 146 Å². The van der Waals surface area contributed by atoms with E-state index in [1.807, 2.05) is 0 Å². The van der Waals surface area contributed by atoms with Gasteiger partial charge in [-0.05, 0) is 64.4 Å². The van der Waals surface area contributed by atoms with Crippen molar-refractivity contribution in [3.05, 3.63) is 63.6 Å². The van der Waals surface area contributed by atoms with Crippen LogP contribution < -0.4 is 15.7 Å². The zero-order valence-electron chi connectivity index (χ0n) is 12.1. The van der Waals surface area contributed by atoms with Crippen LogP contribution in [0.2, 0.25) is 0 Å². The van der Waals surface area contributed by atoms with E-state index in [1.54, 1.807) is 37.3 Å². The molecule has 23 heavy (non-hydrogen) atoms. The monoisotopic (exact) mass is 391 g/mol. The summed E-state index contributed by atoms with van der Waals surface area (Å²) in [6.45, 7) is 1.79. The number of halogens is 1. The predicted octanol–water partition coefficient (Wildman–Crippen LogP) is 2.25. The van der Waals surface area contributed by atoms with Crippen molar-refractivity contribution in [1.82, 2.24) is 5.32 Å². The first-order valence-electron chi connectivity index (χ1n) is 6.57. The lowest BCUT2D eigenvalue weighted by Crippen LogP contribution is -2.34. The fraction of sp³-hybridized carbons (Fsp3) is 0.0625. The largest absolute Gasteiger partial charge is 0.545 e. The van der Waals surface area contributed by atoms with Crippen LogP contribution in [-0.2, 0) is 0 Å². The lowest BCUT2D eigenvalue weighted by molar-refractivity contribution is -0.255. The zero-order chi connectivity index (χ0) is 17.0. The van der Waals surface area contributed by atoms with E-state index in [0.717, 1.165) is 5.56 Å². The summed E-state index contributed by atoms with van der Waals surface area (Å²) < 4.78 is 0.649. The molecular formula is C16H12BrN2O3S-. The molecule has 0 saturated carbocycles. The van der Waals surface area contributed by atoms with Gasteiger partial charge in [-0.15, -0.1) is 0 Å². The number of carbonyl (C=O) groups excluding carboxylic acids is 2. The Morgan fingerprint density at radius 1 is 1.17 bits per heavy atom. The highest BCUT2D eigenvalue weighted by atomic mass is 79.9. The number of hydrogen-bond donors (Lipinski definition) is 2. The molecule has 0 aliphatic rings. The second kappa shape index (κ2) is 7.34. The number of hydrogen-bond acceptors (Lipinski definition) is 4. The van der Waals surface area contributed by atoms with Gasteiger partial charge in [-0.2, -0.15) is 0 Å². The molecule has 7 heteroatoms. The molecule has 0 fully saturated rings. The fourth-order valence-corrected chi connectivity index (χ4v) is 2.52. The number of aromatic carboxylic acids is 1. The van der Waals surface area contributed by atoms with Gasteiger partial charge in [0.15, 0.2) is 5.11 Å². The van der Waals surface area contributed by atoms with Crippen molar-refractivity contribution in [2.24, 2.45) is 0 Å². The number of nitrogens with one attached hydrogen (secondary N) is 2. The predicted molar refractivity (Wildman–Crippen MR) is 93.3 cm³/mol. The van der Waals surface area contributed by atoms with E-state index in [0.29, 0.717) is 15.7 Å². The lowest BCUT2D eigenvalue weighted by atomic mass is 10.1. The van der Waals surface area contributed by atoms with Gasteiger partial charge < -0.3 is 15.2 Å². The molecule has 0 heterocycles. The smallest absolute Gasteiger partial charge is 0.258 e. The number of carbonyl (C=O) groups is 2. The first-order chi connectivity index (χ1) is 10.9. The first kappa shape index (κ1) is 17.1. The number of carboxylic acids is 1. The third kappa shape index (κ3) is 4.37. The van der Waals surface area contributed by atoms with Crippen LogP contribution in [0.1, 0.15) is 26.3 Å². The summed E-state index contributed by atoms with van der Waals surface area (Å²) >= 11 is 8.40. The molecule has 2 N–H and O–H groups in total. The Morgan fingerprint density at radius 2 is 1.87 bits per heavy atom. The van der Waals surface area contributed by atoms with Crippen LogP contribution in [-0.4, -0.2) is 17.0 Å². The van der Waals surface area contributed by atoms with Crippen molar-refractivity contribution in [3.8, 4) is 0 Å². The second-order valence-corrected chi connectivity index (χ2v) is 5.97. The number of aryl methyl sites for hydroxylation is 1. The molecule has 0 unspecified atom stereocenters. The topological polar surface area (TPSA) is 81.3 Å². The van der Waals surface area contributed by atoms with Gasteiger partial charge in [-0.3, -0.25) is 10.1 Å². The standard InChI is InChI=1S/C16H13BrN2O3S/c1-9-6-7-10(15(21)22)8-13(9)18-16(23)19-14(20)11-4-2-3-5-12(11)17/h2-8H,1H3,(H,21,22)(H2,18,19,20,23)/p-1. The van der Waals surface area contributed by atoms with Crippen LogP contribution in [0.5, 0.6) is 0 Å². The molecule has 118 valence electrons. The van der Waals surface area contributed by atoms with Crippen LogP contribution >= 0.6 is 28.1 Å². The van der Waals surface area contributed by atoms with E-state index in [4.69, 9.17) is 12.2 Å². The van der Waals surface area contributed by atoms with Crippen molar-refractivity contribution in [2.45, 2.75) is 6.92 Å².